The fraction of sp³-hybridized carbons (Fsp3) is 1.00. The Balaban J connectivity index is 2.28. The molecule has 5 heteroatoms. The lowest BCUT2D eigenvalue weighted by Gasteiger charge is -2.35. The normalized spacial score (nSPS) is 26.1. The minimum absolute atomic E-state index is 0.125. The number of rotatable bonds is 6. The summed E-state index contributed by atoms with van der Waals surface area (Å²) in [6.45, 7) is 8.98. The third-order valence-corrected chi connectivity index (χ3v) is 4.51. The molecule has 0 aromatic heterocycles. The van der Waals surface area contributed by atoms with E-state index in [0.717, 1.165) is 26.1 Å². The average Bonchev–Trinajstić information content (AvgIpc) is 2.26. The zero-order chi connectivity index (χ0) is 12.8. The summed E-state index contributed by atoms with van der Waals surface area (Å²) in [6, 6.07) is 0.678. The molecule has 1 aliphatic rings. The first-order valence-electron chi connectivity index (χ1n) is 6.45. The quantitative estimate of drug-likeness (QED) is 0.761. The zero-order valence-electron chi connectivity index (χ0n) is 11.2. The number of hydrogen-bond acceptors (Lipinski definition) is 4. The van der Waals surface area contributed by atoms with Crippen LogP contribution >= 0.6 is 0 Å². The summed E-state index contributed by atoms with van der Waals surface area (Å²) in [4.78, 5) is 2.39. The topological polar surface area (TPSA) is 55.6 Å². The van der Waals surface area contributed by atoms with Crippen LogP contribution in [-0.2, 0) is 15.5 Å². The van der Waals surface area contributed by atoms with Crippen LogP contribution in [0.4, 0.5) is 0 Å². The Morgan fingerprint density at radius 2 is 2.18 bits per heavy atom. The number of ether oxygens (including phenoxy) is 1. The molecule has 0 aliphatic carbocycles. The van der Waals surface area contributed by atoms with Gasteiger partial charge in [0.2, 0.25) is 0 Å². The van der Waals surface area contributed by atoms with Crippen molar-refractivity contribution in [2.24, 2.45) is 5.73 Å². The summed E-state index contributed by atoms with van der Waals surface area (Å²) in [5.74, 6) is 1.34. The van der Waals surface area contributed by atoms with E-state index in [1.54, 1.807) is 0 Å². The highest BCUT2D eigenvalue weighted by Crippen LogP contribution is 2.10. The van der Waals surface area contributed by atoms with Gasteiger partial charge in [-0.2, -0.15) is 0 Å². The molecule has 1 rings (SSSR count). The molecule has 0 aromatic carbocycles. The van der Waals surface area contributed by atoms with Gasteiger partial charge in [-0.25, -0.2) is 0 Å². The van der Waals surface area contributed by atoms with E-state index in [0.29, 0.717) is 17.5 Å². The van der Waals surface area contributed by atoms with Gasteiger partial charge in [0.15, 0.2) is 0 Å². The fourth-order valence-electron chi connectivity index (χ4n) is 1.92. The Morgan fingerprint density at radius 3 is 2.76 bits per heavy atom. The smallest absolute Gasteiger partial charge is 0.0817 e. The van der Waals surface area contributed by atoms with Crippen LogP contribution < -0.4 is 5.73 Å². The van der Waals surface area contributed by atoms with Crippen molar-refractivity contribution < 1.29 is 8.95 Å². The second kappa shape index (κ2) is 7.46. The van der Waals surface area contributed by atoms with Crippen molar-refractivity contribution >= 4 is 10.8 Å². The summed E-state index contributed by atoms with van der Waals surface area (Å²) in [6.07, 6.45) is 0.952. The van der Waals surface area contributed by atoms with E-state index in [1.165, 1.54) is 0 Å². The van der Waals surface area contributed by atoms with Gasteiger partial charge in [-0.3, -0.25) is 9.11 Å². The third-order valence-electron chi connectivity index (χ3n) is 3.07. The van der Waals surface area contributed by atoms with Gasteiger partial charge in [-0.15, -0.1) is 0 Å². The molecule has 102 valence electrons. The molecular weight excluding hydrogens is 236 g/mol. The second-order valence-electron chi connectivity index (χ2n) is 5.16. The highest BCUT2D eigenvalue weighted by Gasteiger charge is 2.23. The monoisotopic (exact) mass is 262 g/mol. The Kier molecular flexibility index (Phi) is 6.62. The molecule has 0 saturated carbocycles. The first kappa shape index (κ1) is 15.1. The van der Waals surface area contributed by atoms with Crippen LogP contribution in [0.2, 0.25) is 0 Å². The Morgan fingerprint density at radius 1 is 1.47 bits per heavy atom. The highest BCUT2D eigenvalue weighted by molar-refractivity contribution is 7.85. The fourth-order valence-corrected chi connectivity index (χ4v) is 3.34. The molecule has 2 N–H and O–H groups in total. The van der Waals surface area contributed by atoms with Crippen LogP contribution in [-0.4, -0.2) is 58.5 Å². The lowest BCUT2D eigenvalue weighted by molar-refractivity contribution is -0.0268. The molecule has 1 heterocycles. The molecule has 0 amide bonds. The number of nitrogens with zero attached hydrogens (tertiary/aromatic N) is 1. The van der Waals surface area contributed by atoms with Crippen molar-refractivity contribution in [2.45, 2.75) is 45.4 Å². The van der Waals surface area contributed by atoms with E-state index in [-0.39, 0.29) is 12.1 Å². The van der Waals surface area contributed by atoms with E-state index in [9.17, 15) is 4.21 Å². The maximum absolute atomic E-state index is 11.8. The van der Waals surface area contributed by atoms with Gasteiger partial charge in [-0.1, -0.05) is 0 Å². The van der Waals surface area contributed by atoms with E-state index < -0.39 is 10.8 Å². The molecule has 0 bridgehead atoms. The first-order chi connectivity index (χ1) is 7.99. The van der Waals surface area contributed by atoms with Gasteiger partial charge in [-0.05, 0) is 27.2 Å². The molecule has 17 heavy (non-hydrogen) atoms. The van der Waals surface area contributed by atoms with E-state index in [2.05, 4.69) is 18.7 Å². The van der Waals surface area contributed by atoms with Gasteiger partial charge >= 0.3 is 0 Å². The standard InChI is InChI=1S/C12H26N2O2S/c1-10(2)14-5-6-16-12(8-14)9-17(15)7-4-11(3)13/h10-12H,4-9,13H2,1-3H3. The predicted molar refractivity (Wildman–Crippen MR) is 72.6 cm³/mol. The lowest BCUT2D eigenvalue weighted by atomic mass is 10.2. The third kappa shape index (κ3) is 5.95. The van der Waals surface area contributed by atoms with Crippen molar-refractivity contribution in [3.8, 4) is 0 Å². The molecule has 3 unspecified atom stereocenters. The molecule has 0 aromatic rings. The molecule has 3 atom stereocenters. The molecule has 4 nitrogen and oxygen atoms in total. The van der Waals surface area contributed by atoms with Crippen LogP contribution in [0.15, 0.2) is 0 Å². The number of hydrogen-bond donors (Lipinski definition) is 1. The van der Waals surface area contributed by atoms with Gasteiger partial charge in [0.25, 0.3) is 0 Å². The minimum atomic E-state index is -0.798. The van der Waals surface area contributed by atoms with Crippen LogP contribution in [0, 0.1) is 0 Å². The van der Waals surface area contributed by atoms with Crippen molar-refractivity contribution in [3.63, 3.8) is 0 Å². The average molecular weight is 262 g/mol. The molecule has 0 radical (unpaired) electrons. The molecule has 1 saturated heterocycles. The zero-order valence-corrected chi connectivity index (χ0v) is 12.0. The first-order valence-corrected chi connectivity index (χ1v) is 7.94. The van der Waals surface area contributed by atoms with Gasteiger partial charge in [0.05, 0.1) is 18.5 Å². The lowest BCUT2D eigenvalue weighted by Crippen LogP contribution is -2.47. The summed E-state index contributed by atoms with van der Waals surface area (Å²) in [5, 5.41) is 0. The molecule has 0 spiro atoms. The van der Waals surface area contributed by atoms with Crippen LogP contribution in [0.5, 0.6) is 0 Å². The number of morpholine rings is 1. The number of nitrogens with two attached hydrogens (primary N) is 1. The molecule has 1 aliphatic heterocycles. The summed E-state index contributed by atoms with van der Waals surface area (Å²) in [7, 11) is -0.798. The van der Waals surface area contributed by atoms with Gasteiger partial charge in [0, 0.05) is 41.7 Å². The van der Waals surface area contributed by atoms with Crippen molar-refractivity contribution in [3.05, 3.63) is 0 Å². The van der Waals surface area contributed by atoms with Crippen LogP contribution in [0.3, 0.4) is 0 Å². The highest BCUT2D eigenvalue weighted by atomic mass is 32.2. The maximum Gasteiger partial charge on any atom is 0.0817 e. The predicted octanol–water partition coefficient (Wildman–Crippen LogP) is 0.582. The Bertz CT molecular complexity index is 247. The summed E-state index contributed by atoms with van der Waals surface area (Å²) >= 11 is 0. The van der Waals surface area contributed by atoms with Crippen LogP contribution in [0.1, 0.15) is 27.2 Å². The Labute approximate surface area is 107 Å². The van der Waals surface area contributed by atoms with Crippen molar-refractivity contribution in [1.82, 2.24) is 4.90 Å². The molecule has 1 fully saturated rings. The second-order valence-corrected chi connectivity index (χ2v) is 6.78. The maximum atomic E-state index is 11.8. The summed E-state index contributed by atoms with van der Waals surface area (Å²) < 4.78 is 17.5. The van der Waals surface area contributed by atoms with Crippen molar-refractivity contribution in [1.29, 1.82) is 0 Å². The van der Waals surface area contributed by atoms with Gasteiger partial charge in [0.1, 0.15) is 0 Å². The van der Waals surface area contributed by atoms with E-state index in [1.807, 2.05) is 6.92 Å². The minimum Gasteiger partial charge on any atom is -0.375 e. The summed E-state index contributed by atoms with van der Waals surface area (Å²) in [5.41, 5.74) is 5.66. The van der Waals surface area contributed by atoms with Crippen molar-refractivity contribution in [2.75, 3.05) is 31.2 Å². The largest absolute Gasteiger partial charge is 0.375 e. The van der Waals surface area contributed by atoms with E-state index >= 15 is 0 Å². The SMILES string of the molecule is CC(N)CCS(=O)CC1CN(C(C)C)CCO1. The Hall–Kier alpha value is 0.0300. The van der Waals surface area contributed by atoms with Crippen LogP contribution in [0.25, 0.3) is 0 Å². The van der Waals surface area contributed by atoms with E-state index in [4.69, 9.17) is 10.5 Å². The molecular formula is C12H26N2O2S. The van der Waals surface area contributed by atoms with Gasteiger partial charge < -0.3 is 10.5 Å².